The summed E-state index contributed by atoms with van der Waals surface area (Å²) in [7, 11) is -3.15. The summed E-state index contributed by atoms with van der Waals surface area (Å²) in [6.07, 6.45) is 5.54. The number of nitrogens with one attached hydrogen (secondary N) is 1. The molecule has 0 unspecified atom stereocenters. The van der Waals surface area contributed by atoms with Gasteiger partial charge in [-0.15, -0.1) is 0 Å². The monoisotopic (exact) mass is 249 g/mol. The highest BCUT2D eigenvalue weighted by atomic mass is 32.2. The average molecular weight is 249 g/mol. The van der Waals surface area contributed by atoms with E-state index >= 15 is 0 Å². The summed E-state index contributed by atoms with van der Waals surface area (Å²) in [5, 5.41) is 0. The maximum absolute atomic E-state index is 11.7. The van der Waals surface area contributed by atoms with Crippen molar-refractivity contribution in [3.8, 4) is 0 Å². The highest BCUT2D eigenvalue weighted by Crippen LogP contribution is 2.17. The van der Waals surface area contributed by atoms with Crippen LogP contribution in [0.2, 0.25) is 0 Å². The lowest BCUT2D eigenvalue weighted by molar-refractivity contribution is 0.0911. The zero-order valence-corrected chi connectivity index (χ0v) is 11.1. The zero-order chi connectivity index (χ0) is 12.0. The molecule has 0 atom stereocenters. The minimum atomic E-state index is -3.15. The Morgan fingerprint density at radius 1 is 1.25 bits per heavy atom. The fraction of sp³-hybridized carbons (Fsp3) is 1.00. The molecule has 0 aromatic heterocycles. The smallest absolute Gasteiger partial charge is 0.214 e. The summed E-state index contributed by atoms with van der Waals surface area (Å²) in [5.41, 5.74) is 0. The highest BCUT2D eigenvalue weighted by molar-refractivity contribution is 7.89. The summed E-state index contributed by atoms with van der Waals surface area (Å²) >= 11 is 0. The molecule has 1 aliphatic rings. The molecule has 0 spiro atoms. The van der Waals surface area contributed by atoms with E-state index < -0.39 is 10.0 Å². The van der Waals surface area contributed by atoms with Crippen LogP contribution < -0.4 is 4.72 Å². The van der Waals surface area contributed by atoms with Gasteiger partial charge in [0.2, 0.25) is 10.0 Å². The Labute approximate surface area is 98.8 Å². The largest absolute Gasteiger partial charge is 0.378 e. The van der Waals surface area contributed by atoms with E-state index in [0.717, 1.165) is 25.7 Å². The van der Waals surface area contributed by atoms with Crippen molar-refractivity contribution in [3.63, 3.8) is 0 Å². The van der Waals surface area contributed by atoms with Gasteiger partial charge in [-0.3, -0.25) is 0 Å². The molecular weight excluding hydrogens is 226 g/mol. The molecule has 0 aromatic carbocycles. The Hall–Kier alpha value is -0.130. The lowest BCUT2D eigenvalue weighted by atomic mass is 9.96. The molecule has 1 saturated carbocycles. The molecule has 0 amide bonds. The molecule has 0 bridgehead atoms. The second-order valence-corrected chi connectivity index (χ2v) is 6.56. The number of rotatable bonds is 6. The summed E-state index contributed by atoms with van der Waals surface area (Å²) in [4.78, 5) is 0. The fourth-order valence-electron chi connectivity index (χ4n) is 1.93. The van der Waals surface area contributed by atoms with Gasteiger partial charge in [-0.2, -0.15) is 0 Å². The molecule has 0 aromatic rings. The van der Waals surface area contributed by atoms with E-state index in [4.69, 9.17) is 4.74 Å². The summed E-state index contributed by atoms with van der Waals surface area (Å²) in [6.45, 7) is 4.09. The van der Waals surface area contributed by atoms with E-state index in [2.05, 4.69) is 4.72 Å². The van der Waals surface area contributed by atoms with Gasteiger partial charge in [0.15, 0.2) is 0 Å². The zero-order valence-electron chi connectivity index (χ0n) is 10.2. The van der Waals surface area contributed by atoms with E-state index in [9.17, 15) is 8.42 Å². The first-order valence-electron chi connectivity index (χ1n) is 6.11. The second-order valence-electron chi connectivity index (χ2n) is 4.69. The van der Waals surface area contributed by atoms with Gasteiger partial charge >= 0.3 is 0 Å². The van der Waals surface area contributed by atoms with Crippen molar-refractivity contribution in [1.82, 2.24) is 4.72 Å². The van der Waals surface area contributed by atoms with Gasteiger partial charge in [0.25, 0.3) is 0 Å². The fourth-order valence-corrected chi connectivity index (χ4v) is 3.10. The van der Waals surface area contributed by atoms with Crippen LogP contribution in [0.25, 0.3) is 0 Å². The van der Waals surface area contributed by atoms with Gasteiger partial charge in [0, 0.05) is 6.04 Å². The third-order valence-corrected chi connectivity index (χ3v) is 4.15. The van der Waals surface area contributed by atoms with Crippen LogP contribution in [0.15, 0.2) is 0 Å². The molecule has 5 heteroatoms. The van der Waals surface area contributed by atoms with Crippen LogP contribution in [0, 0.1) is 0 Å². The van der Waals surface area contributed by atoms with Crippen molar-refractivity contribution in [3.05, 3.63) is 0 Å². The Kier molecular flexibility index (Phi) is 5.72. The molecule has 96 valence electrons. The maximum Gasteiger partial charge on any atom is 0.214 e. The summed E-state index contributed by atoms with van der Waals surface area (Å²) in [5.74, 6) is 0.0711. The number of hydrogen-bond acceptors (Lipinski definition) is 3. The van der Waals surface area contributed by atoms with E-state index in [0.29, 0.717) is 0 Å². The van der Waals surface area contributed by atoms with Crippen molar-refractivity contribution < 1.29 is 13.2 Å². The number of hydrogen-bond donors (Lipinski definition) is 1. The van der Waals surface area contributed by atoms with Gasteiger partial charge in [0.05, 0.1) is 18.5 Å². The Morgan fingerprint density at radius 3 is 2.44 bits per heavy atom. The lowest BCUT2D eigenvalue weighted by Crippen LogP contribution is -2.38. The van der Waals surface area contributed by atoms with Crippen molar-refractivity contribution >= 4 is 10.0 Å². The first kappa shape index (κ1) is 13.9. The molecule has 1 aliphatic carbocycles. The molecule has 0 saturated heterocycles. The van der Waals surface area contributed by atoms with E-state index in [1.54, 1.807) is 0 Å². The highest BCUT2D eigenvalue weighted by Gasteiger charge is 2.19. The third-order valence-electron chi connectivity index (χ3n) is 2.75. The predicted molar refractivity (Wildman–Crippen MR) is 64.9 cm³/mol. The molecule has 1 N–H and O–H groups in total. The first-order valence-corrected chi connectivity index (χ1v) is 7.76. The Morgan fingerprint density at radius 2 is 1.88 bits per heavy atom. The molecular formula is C11H23NO3S. The normalized spacial score (nSPS) is 19.2. The average Bonchev–Trinajstić information content (AvgIpc) is 2.17. The maximum atomic E-state index is 11.7. The molecule has 0 heterocycles. The summed E-state index contributed by atoms with van der Waals surface area (Å²) < 4.78 is 31.4. The molecule has 16 heavy (non-hydrogen) atoms. The molecule has 4 nitrogen and oxygen atoms in total. The van der Waals surface area contributed by atoms with Crippen LogP contribution >= 0.6 is 0 Å². The molecule has 0 aliphatic heterocycles. The molecule has 1 fully saturated rings. The van der Waals surface area contributed by atoms with Crippen molar-refractivity contribution in [2.45, 2.75) is 58.1 Å². The Bertz CT molecular complexity index is 282. The Balaban J connectivity index is 2.27. The van der Waals surface area contributed by atoms with Gasteiger partial charge in [-0.25, -0.2) is 13.1 Å². The van der Waals surface area contributed by atoms with Crippen LogP contribution in [0.4, 0.5) is 0 Å². The van der Waals surface area contributed by atoms with E-state index in [1.165, 1.54) is 6.42 Å². The molecule has 0 radical (unpaired) electrons. The van der Waals surface area contributed by atoms with Gasteiger partial charge in [0.1, 0.15) is 0 Å². The van der Waals surface area contributed by atoms with Crippen LogP contribution in [-0.4, -0.2) is 32.9 Å². The number of ether oxygens (including phenoxy) is 1. The third kappa shape index (κ3) is 5.82. The standard InChI is InChI=1S/C11H23NO3S/c1-10(2)15-8-9-16(13,14)12-11-6-4-3-5-7-11/h10-12H,3-9H2,1-2H3. The predicted octanol–water partition coefficient (Wildman–Crippen LogP) is 1.66. The van der Waals surface area contributed by atoms with Crippen molar-refractivity contribution in [1.29, 1.82) is 0 Å². The van der Waals surface area contributed by atoms with Crippen molar-refractivity contribution in [2.75, 3.05) is 12.4 Å². The van der Waals surface area contributed by atoms with Gasteiger partial charge < -0.3 is 4.74 Å². The van der Waals surface area contributed by atoms with Crippen LogP contribution in [0.5, 0.6) is 0 Å². The summed E-state index contributed by atoms with van der Waals surface area (Å²) in [6, 6.07) is 0.151. The van der Waals surface area contributed by atoms with Crippen LogP contribution in [0.3, 0.4) is 0 Å². The van der Waals surface area contributed by atoms with Gasteiger partial charge in [-0.05, 0) is 26.7 Å². The van der Waals surface area contributed by atoms with E-state index in [-0.39, 0.29) is 24.5 Å². The number of sulfonamides is 1. The quantitative estimate of drug-likeness (QED) is 0.779. The topological polar surface area (TPSA) is 55.4 Å². The van der Waals surface area contributed by atoms with Crippen LogP contribution in [0.1, 0.15) is 46.0 Å². The lowest BCUT2D eigenvalue weighted by Gasteiger charge is -2.22. The SMILES string of the molecule is CC(C)OCCS(=O)(=O)NC1CCCCC1. The van der Waals surface area contributed by atoms with Crippen molar-refractivity contribution in [2.24, 2.45) is 0 Å². The minimum Gasteiger partial charge on any atom is -0.378 e. The molecule has 1 rings (SSSR count). The second kappa shape index (κ2) is 6.57. The van der Waals surface area contributed by atoms with E-state index in [1.807, 2.05) is 13.8 Å². The van der Waals surface area contributed by atoms with Crippen LogP contribution in [-0.2, 0) is 14.8 Å². The van der Waals surface area contributed by atoms with Gasteiger partial charge in [-0.1, -0.05) is 19.3 Å². The minimum absolute atomic E-state index is 0.0711. The first-order chi connectivity index (χ1) is 7.49.